The summed E-state index contributed by atoms with van der Waals surface area (Å²) in [6.45, 7) is 0.343. The Balaban J connectivity index is 1.90. The first-order valence-corrected chi connectivity index (χ1v) is 9.10. The Morgan fingerprint density at radius 2 is 2.09 bits per heavy atom. The van der Waals surface area contributed by atoms with Crippen molar-refractivity contribution in [1.29, 1.82) is 0 Å². The third-order valence-corrected chi connectivity index (χ3v) is 6.46. The topological polar surface area (TPSA) is 57.7 Å². The van der Waals surface area contributed by atoms with Gasteiger partial charge in [0.25, 0.3) is 0 Å². The fraction of sp³-hybridized carbons (Fsp3) is 0.267. The predicted octanol–water partition coefficient (Wildman–Crippen LogP) is 2.09. The third-order valence-electron chi connectivity index (χ3n) is 3.79. The Labute approximate surface area is 133 Å². The zero-order valence-electron chi connectivity index (χ0n) is 12.3. The maximum absolute atomic E-state index is 12.7. The molecule has 1 amide bonds. The van der Waals surface area contributed by atoms with Crippen LogP contribution >= 0.6 is 11.3 Å². The average Bonchev–Trinajstić information content (AvgIpc) is 3.08. The summed E-state index contributed by atoms with van der Waals surface area (Å²) in [7, 11) is -0.293. The fourth-order valence-corrected chi connectivity index (χ4v) is 4.53. The molecule has 7 heteroatoms. The minimum Gasteiger partial charge on any atom is -0.315 e. The van der Waals surface area contributed by atoms with E-state index in [0.717, 1.165) is 16.1 Å². The van der Waals surface area contributed by atoms with Gasteiger partial charge in [0.15, 0.2) is 0 Å². The van der Waals surface area contributed by atoms with Crippen LogP contribution in [0.3, 0.4) is 0 Å². The van der Waals surface area contributed by atoms with Gasteiger partial charge in [-0.25, -0.2) is 8.42 Å². The largest absolute Gasteiger partial charge is 0.315 e. The quantitative estimate of drug-likeness (QED) is 0.859. The van der Waals surface area contributed by atoms with Crippen LogP contribution in [0.5, 0.6) is 0 Å². The van der Waals surface area contributed by atoms with Crippen LogP contribution in [0.25, 0.3) is 0 Å². The molecular formula is C15H16N2O3S2. The van der Waals surface area contributed by atoms with E-state index in [1.54, 1.807) is 37.2 Å². The molecular weight excluding hydrogens is 320 g/mol. The van der Waals surface area contributed by atoms with Crippen LogP contribution < -0.4 is 4.90 Å². The summed E-state index contributed by atoms with van der Waals surface area (Å²) in [5.41, 5.74) is 1.54. The maximum Gasteiger partial charge on any atom is 0.243 e. The van der Waals surface area contributed by atoms with Gasteiger partial charge in [0.1, 0.15) is 0 Å². The molecule has 0 saturated heterocycles. The van der Waals surface area contributed by atoms with Crippen molar-refractivity contribution in [3.05, 3.63) is 46.2 Å². The molecule has 0 saturated carbocycles. The summed E-state index contributed by atoms with van der Waals surface area (Å²) in [4.78, 5) is 14.5. The van der Waals surface area contributed by atoms with E-state index in [1.807, 2.05) is 17.5 Å². The van der Waals surface area contributed by atoms with Gasteiger partial charge >= 0.3 is 0 Å². The normalized spacial score (nSPS) is 14.7. The Morgan fingerprint density at radius 1 is 1.32 bits per heavy atom. The van der Waals surface area contributed by atoms with Gasteiger partial charge in [-0.15, -0.1) is 11.3 Å². The molecule has 2 heterocycles. The van der Waals surface area contributed by atoms with Crippen LogP contribution in [0.4, 0.5) is 5.69 Å². The molecule has 0 fully saturated rings. The second kappa shape index (κ2) is 5.49. The summed E-state index contributed by atoms with van der Waals surface area (Å²) in [5.74, 6) is -0.0171. The highest BCUT2D eigenvalue weighted by Crippen LogP contribution is 2.30. The minimum atomic E-state index is -3.56. The predicted molar refractivity (Wildman–Crippen MR) is 86.5 cm³/mol. The number of hydrogen-bond acceptors (Lipinski definition) is 4. The van der Waals surface area contributed by atoms with Crippen molar-refractivity contribution >= 4 is 33.0 Å². The van der Waals surface area contributed by atoms with Gasteiger partial charge in [0, 0.05) is 31.2 Å². The van der Waals surface area contributed by atoms with Crippen molar-refractivity contribution in [2.24, 2.45) is 0 Å². The van der Waals surface area contributed by atoms with E-state index in [4.69, 9.17) is 0 Å². The molecule has 5 nitrogen and oxygen atoms in total. The first-order chi connectivity index (χ1) is 10.4. The molecule has 0 radical (unpaired) electrons. The summed E-state index contributed by atoms with van der Waals surface area (Å²) in [5, 5.41) is 1.92. The van der Waals surface area contributed by atoms with E-state index >= 15 is 0 Å². The van der Waals surface area contributed by atoms with Gasteiger partial charge in [0.2, 0.25) is 15.9 Å². The highest BCUT2D eigenvalue weighted by Gasteiger charge is 2.28. The van der Waals surface area contributed by atoms with Crippen molar-refractivity contribution in [3.8, 4) is 0 Å². The molecule has 0 N–H and O–H groups in total. The van der Waals surface area contributed by atoms with Crippen LogP contribution in [0.1, 0.15) is 10.4 Å². The lowest BCUT2D eigenvalue weighted by Gasteiger charge is -2.17. The van der Waals surface area contributed by atoms with Gasteiger partial charge in [-0.05, 0) is 35.2 Å². The Bertz CT molecular complexity index is 813. The molecule has 0 unspecified atom stereocenters. The van der Waals surface area contributed by atoms with E-state index in [9.17, 15) is 13.2 Å². The number of nitrogens with zero attached hydrogens (tertiary/aromatic N) is 2. The molecule has 0 atom stereocenters. The number of anilines is 1. The number of likely N-dealkylation sites (N-methyl/N-ethyl adjacent to an activating group) is 1. The van der Waals surface area contributed by atoms with Gasteiger partial charge in [-0.1, -0.05) is 6.07 Å². The molecule has 3 rings (SSSR count). The van der Waals surface area contributed by atoms with Crippen LogP contribution in [-0.2, 0) is 27.8 Å². The van der Waals surface area contributed by atoms with Crippen LogP contribution in [-0.4, -0.2) is 32.7 Å². The van der Waals surface area contributed by atoms with Crippen LogP contribution in [0.15, 0.2) is 40.6 Å². The lowest BCUT2D eigenvalue weighted by Crippen LogP contribution is -2.26. The molecule has 1 aromatic heterocycles. The number of amides is 1. The molecule has 1 aliphatic heterocycles. The minimum absolute atomic E-state index is 0.0171. The number of hydrogen-bond donors (Lipinski definition) is 0. The lowest BCUT2D eigenvalue weighted by atomic mass is 10.2. The van der Waals surface area contributed by atoms with Crippen molar-refractivity contribution in [1.82, 2.24) is 4.31 Å². The monoisotopic (exact) mass is 336 g/mol. The molecule has 22 heavy (non-hydrogen) atoms. The average molecular weight is 336 g/mol. The van der Waals surface area contributed by atoms with Crippen molar-refractivity contribution in [2.45, 2.75) is 17.9 Å². The van der Waals surface area contributed by atoms with Crippen molar-refractivity contribution in [3.63, 3.8) is 0 Å². The maximum atomic E-state index is 12.7. The number of benzene rings is 1. The van der Waals surface area contributed by atoms with E-state index in [2.05, 4.69) is 0 Å². The molecule has 1 aromatic carbocycles. The first-order valence-electron chi connectivity index (χ1n) is 6.78. The summed E-state index contributed by atoms with van der Waals surface area (Å²) >= 11 is 1.53. The van der Waals surface area contributed by atoms with Crippen LogP contribution in [0.2, 0.25) is 0 Å². The van der Waals surface area contributed by atoms with E-state index in [0.29, 0.717) is 6.54 Å². The van der Waals surface area contributed by atoms with Crippen LogP contribution in [0, 0.1) is 0 Å². The highest BCUT2D eigenvalue weighted by atomic mass is 32.2. The molecule has 116 valence electrons. The molecule has 2 aromatic rings. The molecule has 0 spiro atoms. The highest BCUT2D eigenvalue weighted by molar-refractivity contribution is 7.89. The molecule has 1 aliphatic rings. The second-order valence-electron chi connectivity index (χ2n) is 5.26. The zero-order valence-corrected chi connectivity index (χ0v) is 13.9. The zero-order chi connectivity index (χ0) is 15.9. The lowest BCUT2D eigenvalue weighted by molar-refractivity contribution is -0.117. The van der Waals surface area contributed by atoms with E-state index in [1.165, 1.54) is 15.6 Å². The standard InChI is InChI=1S/C15H16N2O3S2/c1-16(10-12-4-3-7-21-12)22(19,20)13-5-6-14-11(8-13)9-15(18)17(14)2/h3-8H,9-10H2,1-2H3. The Hall–Kier alpha value is -1.70. The number of thiophene rings is 1. The van der Waals surface area contributed by atoms with Crippen molar-refractivity contribution < 1.29 is 13.2 Å². The molecule has 0 bridgehead atoms. The summed E-state index contributed by atoms with van der Waals surface area (Å²) in [6, 6.07) is 8.68. The second-order valence-corrected chi connectivity index (χ2v) is 8.34. The first kappa shape index (κ1) is 15.2. The number of rotatable bonds is 4. The SMILES string of the molecule is CN1C(=O)Cc2cc(S(=O)(=O)N(C)Cc3cccs3)ccc21. The Morgan fingerprint density at radius 3 is 2.77 bits per heavy atom. The van der Waals surface area contributed by atoms with Gasteiger partial charge < -0.3 is 4.90 Å². The van der Waals surface area contributed by atoms with E-state index < -0.39 is 10.0 Å². The van der Waals surface area contributed by atoms with Gasteiger partial charge in [0.05, 0.1) is 11.3 Å². The smallest absolute Gasteiger partial charge is 0.243 e. The summed E-state index contributed by atoms with van der Waals surface area (Å²) < 4.78 is 26.6. The van der Waals surface area contributed by atoms with E-state index in [-0.39, 0.29) is 17.2 Å². The van der Waals surface area contributed by atoms with Gasteiger partial charge in [-0.3, -0.25) is 4.79 Å². The molecule has 0 aliphatic carbocycles. The number of carbonyl (C=O) groups excluding carboxylic acids is 1. The third kappa shape index (κ3) is 2.55. The number of carbonyl (C=O) groups is 1. The Kier molecular flexibility index (Phi) is 3.80. The van der Waals surface area contributed by atoms with Gasteiger partial charge in [-0.2, -0.15) is 4.31 Å². The number of fused-ring (bicyclic) bond motifs is 1. The van der Waals surface area contributed by atoms with Crippen molar-refractivity contribution in [2.75, 3.05) is 19.0 Å². The summed E-state index contributed by atoms with van der Waals surface area (Å²) in [6.07, 6.45) is 0.254. The fourth-order valence-electron chi connectivity index (χ4n) is 2.49. The number of sulfonamides is 1.